The molecule has 6 heteroatoms. The fraction of sp³-hybridized carbons (Fsp3) is 0.722. The first-order valence-electron chi connectivity index (χ1n) is 9.24. The van der Waals surface area contributed by atoms with Gasteiger partial charge in [0.15, 0.2) is 0 Å². The second-order valence-corrected chi connectivity index (χ2v) is 6.98. The van der Waals surface area contributed by atoms with Crippen molar-refractivity contribution in [3.05, 3.63) is 11.9 Å². The van der Waals surface area contributed by atoms with Crippen LogP contribution in [-0.4, -0.2) is 53.0 Å². The largest absolute Gasteiger partial charge is 0.367 e. The smallest absolute Gasteiger partial charge is 0.219 e. The van der Waals surface area contributed by atoms with E-state index < -0.39 is 0 Å². The van der Waals surface area contributed by atoms with Gasteiger partial charge in [0.2, 0.25) is 5.91 Å². The number of piperazine rings is 1. The maximum atomic E-state index is 11.5. The molecule has 2 aliphatic rings. The molecule has 6 nitrogen and oxygen atoms in total. The molecule has 2 heterocycles. The lowest BCUT2D eigenvalue weighted by Gasteiger charge is -2.35. The van der Waals surface area contributed by atoms with Gasteiger partial charge in [0.1, 0.15) is 17.5 Å². The van der Waals surface area contributed by atoms with Gasteiger partial charge in [0.25, 0.3) is 0 Å². The van der Waals surface area contributed by atoms with E-state index >= 15 is 0 Å². The van der Waals surface area contributed by atoms with Crippen LogP contribution in [0.25, 0.3) is 0 Å². The molecule has 3 rings (SSSR count). The number of nitrogens with one attached hydrogen (secondary N) is 1. The molecular weight excluding hydrogens is 302 g/mol. The van der Waals surface area contributed by atoms with E-state index in [4.69, 9.17) is 0 Å². The number of aryl methyl sites for hydroxylation is 1. The lowest BCUT2D eigenvalue weighted by atomic mass is 10.1. The minimum absolute atomic E-state index is 0.157. The van der Waals surface area contributed by atoms with Crippen LogP contribution in [-0.2, 0) is 4.79 Å². The van der Waals surface area contributed by atoms with Crippen molar-refractivity contribution in [3.63, 3.8) is 0 Å². The van der Waals surface area contributed by atoms with E-state index in [9.17, 15) is 4.79 Å². The van der Waals surface area contributed by atoms with Gasteiger partial charge in [-0.2, -0.15) is 0 Å². The molecule has 0 aromatic carbocycles. The summed E-state index contributed by atoms with van der Waals surface area (Å²) in [5.74, 6) is 2.88. The molecule has 1 amide bonds. The Morgan fingerprint density at radius 1 is 1.08 bits per heavy atom. The SMILES string of the molecule is CC(=O)N1CCN(c2cc(NC3CCCCCC3)nc(C)n2)CC1. The number of aromatic nitrogens is 2. The van der Waals surface area contributed by atoms with E-state index in [0.29, 0.717) is 6.04 Å². The highest BCUT2D eigenvalue weighted by Crippen LogP contribution is 2.23. The summed E-state index contributed by atoms with van der Waals surface area (Å²) < 4.78 is 0. The normalized spacial score (nSPS) is 19.9. The van der Waals surface area contributed by atoms with Crippen molar-refractivity contribution >= 4 is 17.5 Å². The summed E-state index contributed by atoms with van der Waals surface area (Å²) in [4.78, 5) is 24.8. The van der Waals surface area contributed by atoms with Gasteiger partial charge in [-0.15, -0.1) is 0 Å². The van der Waals surface area contributed by atoms with Crippen LogP contribution in [0, 0.1) is 6.92 Å². The molecule has 1 saturated carbocycles. The van der Waals surface area contributed by atoms with Crippen molar-refractivity contribution in [3.8, 4) is 0 Å². The Balaban J connectivity index is 1.66. The Morgan fingerprint density at radius 3 is 2.38 bits per heavy atom. The Labute approximate surface area is 144 Å². The lowest BCUT2D eigenvalue weighted by Crippen LogP contribution is -2.48. The third-order valence-electron chi connectivity index (χ3n) is 5.08. The highest BCUT2D eigenvalue weighted by Gasteiger charge is 2.21. The number of carbonyl (C=O) groups is 1. The van der Waals surface area contributed by atoms with E-state index in [0.717, 1.165) is 43.6 Å². The summed E-state index contributed by atoms with van der Waals surface area (Å²) in [7, 11) is 0. The number of nitrogens with zero attached hydrogens (tertiary/aromatic N) is 4. The molecule has 0 unspecified atom stereocenters. The summed E-state index contributed by atoms with van der Waals surface area (Å²) in [6.45, 7) is 6.79. The molecular formula is C18H29N5O. The van der Waals surface area contributed by atoms with Crippen LogP contribution < -0.4 is 10.2 Å². The predicted octanol–water partition coefficient (Wildman–Crippen LogP) is 2.59. The van der Waals surface area contributed by atoms with Gasteiger partial charge >= 0.3 is 0 Å². The van der Waals surface area contributed by atoms with Crippen LogP contribution in [0.2, 0.25) is 0 Å². The van der Waals surface area contributed by atoms with Crippen LogP contribution in [0.3, 0.4) is 0 Å². The van der Waals surface area contributed by atoms with E-state index in [1.807, 2.05) is 11.8 Å². The van der Waals surface area contributed by atoms with Crippen molar-refractivity contribution in [2.24, 2.45) is 0 Å². The Bertz CT molecular complexity index is 561. The minimum atomic E-state index is 0.157. The molecule has 132 valence electrons. The minimum Gasteiger partial charge on any atom is -0.367 e. The summed E-state index contributed by atoms with van der Waals surface area (Å²) in [5.41, 5.74) is 0. The maximum absolute atomic E-state index is 11.5. The van der Waals surface area contributed by atoms with E-state index in [1.165, 1.54) is 38.5 Å². The average Bonchev–Trinajstić information content (AvgIpc) is 2.83. The average molecular weight is 331 g/mol. The molecule has 0 spiro atoms. The standard InChI is InChI=1S/C18H29N5O/c1-14-19-17(21-16-7-5-3-4-6-8-16)13-18(20-14)23-11-9-22(10-12-23)15(2)24/h13,16H,3-12H2,1-2H3,(H,19,20,21). The first-order chi connectivity index (χ1) is 11.6. The Hall–Kier alpha value is -1.85. The highest BCUT2D eigenvalue weighted by molar-refractivity contribution is 5.73. The Kier molecular flexibility index (Phi) is 5.53. The summed E-state index contributed by atoms with van der Waals surface area (Å²) in [5, 5.41) is 3.63. The van der Waals surface area contributed by atoms with Crippen LogP contribution in [0.15, 0.2) is 6.07 Å². The third kappa shape index (κ3) is 4.36. The highest BCUT2D eigenvalue weighted by atomic mass is 16.2. The zero-order chi connectivity index (χ0) is 16.9. The number of hydrogen-bond donors (Lipinski definition) is 1. The quantitative estimate of drug-likeness (QED) is 0.863. The number of rotatable bonds is 3. The molecule has 1 aliphatic heterocycles. The topological polar surface area (TPSA) is 61.4 Å². The monoisotopic (exact) mass is 331 g/mol. The molecule has 0 radical (unpaired) electrons. The van der Waals surface area contributed by atoms with Gasteiger partial charge in [-0.05, 0) is 19.8 Å². The number of carbonyl (C=O) groups excluding carboxylic acids is 1. The van der Waals surface area contributed by atoms with Crippen molar-refractivity contribution in [1.29, 1.82) is 0 Å². The predicted molar refractivity (Wildman–Crippen MR) is 96.3 cm³/mol. The fourth-order valence-electron chi connectivity index (χ4n) is 3.67. The lowest BCUT2D eigenvalue weighted by molar-refractivity contribution is -0.129. The van der Waals surface area contributed by atoms with E-state index in [1.54, 1.807) is 6.92 Å². The molecule has 1 saturated heterocycles. The zero-order valence-electron chi connectivity index (χ0n) is 14.9. The van der Waals surface area contributed by atoms with Crippen molar-refractivity contribution in [2.75, 3.05) is 36.4 Å². The van der Waals surface area contributed by atoms with Gasteiger partial charge in [-0.3, -0.25) is 4.79 Å². The molecule has 1 N–H and O–H groups in total. The number of hydrogen-bond acceptors (Lipinski definition) is 5. The van der Waals surface area contributed by atoms with Crippen molar-refractivity contribution < 1.29 is 4.79 Å². The van der Waals surface area contributed by atoms with E-state index in [-0.39, 0.29) is 5.91 Å². The maximum Gasteiger partial charge on any atom is 0.219 e. The van der Waals surface area contributed by atoms with Crippen molar-refractivity contribution in [1.82, 2.24) is 14.9 Å². The molecule has 1 aromatic heterocycles. The van der Waals surface area contributed by atoms with Crippen LogP contribution in [0.1, 0.15) is 51.3 Å². The molecule has 0 bridgehead atoms. The van der Waals surface area contributed by atoms with Gasteiger partial charge < -0.3 is 15.1 Å². The molecule has 24 heavy (non-hydrogen) atoms. The molecule has 0 atom stereocenters. The fourth-order valence-corrected chi connectivity index (χ4v) is 3.67. The van der Waals surface area contributed by atoms with Gasteiger partial charge in [-0.25, -0.2) is 9.97 Å². The molecule has 2 fully saturated rings. The van der Waals surface area contributed by atoms with Crippen LogP contribution in [0.4, 0.5) is 11.6 Å². The number of amides is 1. The summed E-state index contributed by atoms with van der Waals surface area (Å²) in [6, 6.07) is 2.60. The van der Waals surface area contributed by atoms with Crippen LogP contribution >= 0.6 is 0 Å². The summed E-state index contributed by atoms with van der Waals surface area (Å²) >= 11 is 0. The zero-order valence-corrected chi connectivity index (χ0v) is 14.9. The van der Waals surface area contributed by atoms with Gasteiger partial charge in [0, 0.05) is 45.2 Å². The Morgan fingerprint density at radius 2 is 1.75 bits per heavy atom. The first kappa shape index (κ1) is 17.0. The summed E-state index contributed by atoms with van der Waals surface area (Å²) in [6.07, 6.45) is 7.79. The molecule has 1 aliphatic carbocycles. The molecule has 1 aromatic rings. The first-order valence-corrected chi connectivity index (χ1v) is 9.24. The number of anilines is 2. The van der Waals surface area contributed by atoms with Gasteiger partial charge in [0.05, 0.1) is 0 Å². The van der Waals surface area contributed by atoms with Crippen molar-refractivity contribution in [2.45, 2.75) is 58.4 Å². The van der Waals surface area contributed by atoms with E-state index in [2.05, 4.69) is 26.3 Å². The second kappa shape index (κ2) is 7.81. The third-order valence-corrected chi connectivity index (χ3v) is 5.08. The second-order valence-electron chi connectivity index (χ2n) is 6.98. The van der Waals surface area contributed by atoms with Crippen LogP contribution in [0.5, 0.6) is 0 Å². The van der Waals surface area contributed by atoms with Gasteiger partial charge in [-0.1, -0.05) is 25.7 Å².